The topological polar surface area (TPSA) is 12.0 Å². The number of hydrogen-bond donors (Lipinski definition) is 1. The van der Waals surface area contributed by atoms with Crippen LogP contribution >= 0.6 is 0 Å². The van der Waals surface area contributed by atoms with Crippen LogP contribution in [0, 0.1) is 17.0 Å². The second kappa shape index (κ2) is 7.59. The second-order valence-electron chi connectivity index (χ2n) is 5.90. The summed E-state index contributed by atoms with van der Waals surface area (Å²) in [7, 11) is 0. The van der Waals surface area contributed by atoms with Crippen LogP contribution in [0.2, 0.25) is 0 Å². The minimum absolute atomic E-state index is 0.168. The van der Waals surface area contributed by atoms with Crippen molar-refractivity contribution in [2.45, 2.75) is 46.5 Å². The molecular formula is C16H25F2N. The molecule has 0 bridgehead atoms. The van der Waals surface area contributed by atoms with Crippen LogP contribution in [0.1, 0.15) is 45.6 Å². The minimum Gasteiger partial charge on any atom is -0.317 e. The summed E-state index contributed by atoms with van der Waals surface area (Å²) in [5, 5.41) is 3.38. The zero-order valence-electron chi connectivity index (χ0n) is 12.2. The molecule has 1 nitrogen and oxygen atoms in total. The van der Waals surface area contributed by atoms with E-state index in [4.69, 9.17) is 0 Å². The van der Waals surface area contributed by atoms with Crippen molar-refractivity contribution in [3.63, 3.8) is 0 Å². The van der Waals surface area contributed by atoms with Crippen LogP contribution in [0.3, 0.4) is 0 Å². The maximum Gasteiger partial charge on any atom is 0.129 e. The Morgan fingerprint density at radius 3 is 2.47 bits per heavy atom. The van der Waals surface area contributed by atoms with Crippen molar-refractivity contribution >= 4 is 0 Å². The first-order valence-corrected chi connectivity index (χ1v) is 7.09. The highest BCUT2D eigenvalue weighted by atomic mass is 19.1. The fraction of sp³-hybridized carbons (Fsp3) is 0.625. The average molecular weight is 269 g/mol. The lowest BCUT2D eigenvalue weighted by molar-refractivity contribution is 0.301. The van der Waals surface area contributed by atoms with Gasteiger partial charge in [0, 0.05) is 6.07 Å². The van der Waals surface area contributed by atoms with E-state index in [0.29, 0.717) is 12.0 Å². The normalized spacial score (nSPS) is 11.8. The molecule has 1 aromatic carbocycles. The number of halogens is 2. The van der Waals surface area contributed by atoms with Gasteiger partial charge in [-0.3, -0.25) is 0 Å². The molecule has 1 rings (SSSR count). The number of benzene rings is 1. The van der Waals surface area contributed by atoms with Crippen molar-refractivity contribution in [1.82, 2.24) is 5.32 Å². The zero-order valence-corrected chi connectivity index (χ0v) is 12.2. The van der Waals surface area contributed by atoms with Gasteiger partial charge in [-0.1, -0.05) is 26.8 Å². The van der Waals surface area contributed by atoms with Crippen LogP contribution in [-0.2, 0) is 6.42 Å². The zero-order chi connectivity index (χ0) is 14.3. The minimum atomic E-state index is -0.510. The molecule has 19 heavy (non-hydrogen) atoms. The summed E-state index contributed by atoms with van der Waals surface area (Å²) in [6.07, 6.45) is 3.77. The Bertz CT molecular complexity index is 388. The summed E-state index contributed by atoms with van der Waals surface area (Å²) in [6, 6.07) is 3.84. The molecule has 1 N–H and O–H groups in total. The molecule has 108 valence electrons. The lowest BCUT2D eigenvalue weighted by atomic mass is 9.83. The van der Waals surface area contributed by atoms with Gasteiger partial charge in [0.1, 0.15) is 11.6 Å². The monoisotopic (exact) mass is 269 g/mol. The van der Waals surface area contributed by atoms with Crippen molar-refractivity contribution in [2.75, 3.05) is 13.1 Å². The van der Waals surface area contributed by atoms with Gasteiger partial charge in [0.15, 0.2) is 0 Å². The largest absolute Gasteiger partial charge is 0.317 e. The van der Waals surface area contributed by atoms with Crippen molar-refractivity contribution in [2.24, 2.45) is 5.41 Å². The fourth-order valence-electron chi connectivity index (χ4n) is 2.05. The maximum absolute atomic E-state index is 13.5. The summed E-state index contributed by atoms with van der Waals surface area (Å²) < 4.78 is 26.3. The van der Waals surface area contributed by atoms with Crippen LogP contribution in [0.4, 0.5) is 8.78 Å². The molecule has 0 unspecified atom stereocenters. The van der Waals surface area contributed by atoms with Crippen molar-refractivity contribution in [3.8, 4) is 0 Å². The molecule has 0 aliphatic heterocycles. The van der Waals surface area contributed by atoms with E-state index in [1.165, 1.54) is 6.07 Å². The predicted octanol–water partition coefficient (Wildman–Crippen LogP) is 4.31. The van der Waals surface area contributed by atoms with Gasteiger partial charge in [0.25, 0.3) is 0 Å². The highest BCUT2D eigenvalue weighted by Gasteiger charge is 2.18. The Hall–Kier alpha value is -0.960. The maximum atomic E-state index is 13.5. The number of hydrogen-bond acceptors (Lipinski definition) is 1. The Morgan fingerprint density at radius 1 is 1.11 bits per heavy atom. The van der Waals surface area contributed by atoms with Gasteiger partial charge in [-0.05, 0) is 55.8 Å². The van der Waals surface area contributed by atoms with E-state index in [2.05, 4.69) is 26.1 Å². The molecule has 0 aliphatic carbocycles. The molecule has 0 saturated carbocycles. The van der Waals surface area contributed by atoms with Crippen LogP contribution in [0.25, 0.3) is 0 Å². The Kier molecular flexibility index (Phi) is 6.43. The van der Waals surface area contributed by atoms with Crippen LogP contribution < -0.4 is 5.32 Å². The van der Waals surface area contributed by atoms with Gasteiger partial charge in [-0.2, -0.15) is 0 Å². The molecule has 0 aromatic heterocycles. The fourth-order valence-corrected chi connectivity index (χ4v) is 2.05. The SMILES string of the molecule is CCCNCCC(C)(C)CCc1ccc(F)cc1F. The van der Waals surface area contributed by atoms with Gasteiger partial charge in [0.2, 0.25) is 0 Å². The van der Waals surface area contributed by atoms with Gasteiger partial charge >= 0.3 is 0 Å². The van der Waals surface area contributed by atoms with Crippen molar-refractivity contribution in [3.05, 3.63) is 35.4 Å². The Morgan fingerprint density at radius 2 is 1.84 bits per heavy atom. The second-order valence-corrected chi connectivity index (χ2v) is 5.90. The van der Waals surface area contributed by atoms with E-state index in [0.717, 1.165) is 38.4 Å². The van der Waals surface area contributed by atoms with Gasteiger partial charge in [-0.25, -0.2) is 8.78 Å². The van der Waals surface area contributed by atoms with E-state index in [-0.39, 0.29) is 5.41 Å². The molecule has 0 amide bonds. The smallest absolute Gasteiger partial charge is 0.129 e. The van der Waals surface area contributed by atoms with Gasteiger partial charge in [-0.15, -0.1) is 0 Å². The molecule has 0 saturated heterocycles. The summed E-state index contributed by atoms with van der Waals surface area (Å²) in [5.41, 5.74) is 0.776. The molecular weight excluding hydrogens is 244 g/mol. The molecule has 0 radical (unpaired) electrons. The third kappa shape index (κ3) is 6.15. The average Bonchev–Trinajstić information content (AvgIpc) is 2.34. The first-order chi connectivity index (χ1) is 8.94. The standard InChI is InChI=1S/C16H25F2N/c1-4-10-19-11-9-16(2,3)8-7-13-5-6-14(17)12-15(13)18/h5-6,12,19H,4,7-11H2,1-3H3. The summed E-state index contributed by atoms with van der Waals surface area (Å²) in [5.74, 6) is -0.941. The Balaban J connectivity index is 2.41. The lowest BCUT2D eigenvalue weighted by Gasteiger charge is -2.25. The molecule has 0 aliphatic rings. The first kappa shape index (κ1) is 16.1. The van der Waals surface area contributed by atoms with Crippen LogP contribution in [0.15, 0.2) is 18.2 Å². The number of aryl methyl sites for hydroxylation is 1. The highest BCUT2D eigenvalue weighted by molar-refractivity contribution is 5.18. The summed E-state index contributed by atoms with van der Waals surface area (Å²) >= 11 is 0. The summed E-state index contributed by atoms with van der Waals surface area (Å²) in [4.78, 5) is 0. The molecule has 0 spiro atoms. The number of rotatable bonds is 8. The first-order valence-electron chi connectivity index (χ1n) is 7.09. The van der Waals surface area contributed by atoms with Crippen molar-refractivity contribution in [1.29, 1.82) is 0 Å². The number of nitrogens with one attached hydrogen (secondary N) is 1. The molecule has 1 aromatic rings. The predicted molar refractivity (Wildman–Crippen MR) is 76.2 cm³/mol. The quantitative estimate of drug-likeness (QED) is 0.693. The lowest BCUT2D eigenvalue weighted by Crippen LogP contribution is -2.23. The third-order valence-corrected chi connectivity index (χ3v) is 3.49. The van der Waals surface area contributed by atoms with E-state index in [1.54, 1.807) is 6.07 Å². The highest BCUT2D eigenvalue weighted by Crippen LogP contribution is 2.27. The molecule has 3 heteroatoms. The van der Waals surface area contributed by atoms with E-state index < -0.39 is 11.6 Å². The van der Waals surface area contributed by atoms with Crippen LogP contribution in [-0.4, -0.2) is 13.1 Å². The third-order valence-electron chi connectivity index (χ3n) is 3.49. The van der Waals surface area contributed by atoms with Crippen LogP contribution in [0.5, 0.6) is 0 Å². The Labute approximate surface area is 115 Å². The molecule has 0 fully saturated rings. The summed E-state index contributed by atoms with van der Waals surface area (Å²) in [6.45, 7) is 8.58. The van der Waals surface area contributed by atoms with E-state index in [9.17, 15) is 8.78 Å². The molecule has 0 heterocycles. The van der Waals surface area contributed by atoms with Crippen molar-refractivity contribution < 1.29 is 8.78 Å². The van der Waals surface area contributed by atoms with E-state index >= 15 is 0 Å². The van der Waals surface area contributed by atoms with E-state index in [1.807, 2.05) is 0 Å². The molecule has 0 atom stereocenters. The van der Waals surface area contributed by atoms with Gasteiger partial charge in [0.05, 0.1) is 0 Å². The van der Waals surface area contributed by atoms with Gasteiger partial charge < -0.3 is 5.32 Å².